The molecule has 1 aromatic rings. The summed E-state index contributed by atoms with van der Waals surface area (Å²) >= 11 is 0. The van der Waals surface area contributed by atoms with Gasteiger partial charge in [0.25, 0.3) is 0 Å². The molecule has 0 aliphatic carbocycles. The highest BCUT2D eigenvalue weighted by Crippen LogP contribution is 2.36. The summed E-state index contributed by atoms with van der Waals surface area (Å²) in [7, 11) is 0. The van der Waals surface area contributed by atoms with E-state index in [9.17, 15) is 0 Å². The molecule has 1 aliphatic rings. The van der Waals surface area contributed by atoms with Crippen molar-refractivity contribution in [1.82, 2.24) is 0 Å². The summed E-state index contributed by atoms with van der Waals surface area (Å²) in [6.07, 6.45) is 9.33. The van der Waals surface area contributed by atoms with Gasteiger partial charge in [0.2, 0.25) is 0 Å². The molecule has 0 saturated carbocycles. The first-order chi connectivity index (χ1) is 8.02. The third-order valence-electron chi connectivity index (χ3n) is 2.67. The van der Waals surface area contributed by atoms with E-state index >= 15 is 0 Å². The lowest BCUT2D eigenvalue weighted by Gasteiger charge is -2.28. The van der Waals surface area contributed by atoms with E-state index in [1.807, 2.05) is 32.9 Å². The molecule has 0 unspecified atom stereocenters. The fourth-order valence-corrected chi connectivity index (χ4v) is 1.84. The van der Waals surface area contributed by atoms with Gasteiger partial charge in [0.15, 0.2) is 0 Å². The number of ether oxygens (including phenoxy) is 2. The van der Waals surface area contributed by atoms with Gasteiger partial charge in [0, 0.05) is 11.6 Å². The Kier molecular flexibility index (Phi) is 2.85. The second-order valence-electron chi connectivity index (χ2n) is 4.68. The fraction of sp³-hybridized carbons (Fsp3) is 0.333. The van der Waals surface area contributed by atoms with E-state index in [1.165, 1.54) is 0 Å². The first kappa shape index (κ1) is 11.6. The van der Waals surface area contributed by atoms with Gasteiger partial charge < -0.3 is 9.47 Å². The van der Waals surface area contributed by atoms with Gasteiger partial charge in [0.1, 0.15) is 23.7 Å². The van der Waals surface area contributed by atoms with Crippen LogP contribution in [0.4, 0.5) is 0 Å². The average molecular weight is 228 g/mol. The van der Waals surface area contributed by atoms with E-state index in [2.05, 4.69) is 18.1 Å². The normalized spacial score (nSPS) is 15.6. The van der Waals surface area contributed by atoms with Crippen molar-refractivity contribution in [3.05, 3.63) is 29.3 Å². The van der Waals surface area contributed by atoms with Gasteiger partial charge in [-0.25, -0.2) is 0 Å². The summed E-state index contributed by atoms with van der Waals surface area (Å²) in [4.78, 5) is 0. The molecule has 17 heavy (non-hydrogen) atoms. The van der Waals surface area contributed by atoms with Crippen molar-refractivity contribution in [2.75, 3.05) is 6.61 Å². The minimum atomic E-state index is -0.274. The van der Waals surface area contributed by atoms with Crippen LogP contribution in [0.5, 0.6) is 11.5 Å². The zero-order chi connectivity index (χ0) is 12.5. The van der Waals surface area contributed by atoms with Gasteiger partial charge in [-0.15, -0.1) is 6.42 Å². The minimum Gasteiger partial charge on any atom is -0.483 e. The largest absolute Gasteiger partial charge is 0.483 e. The van der Waals surface area contributed by atoms with Gasteiger partial charge >= 0.3 is 0 Å². The smallest absolute Gasteiger partial charge is 0.148 e. The number of terminal acetylenes is 1. The zero-order valence-corrected chi connectivity index (χ0v) is 10.4. The highest BCUT2D eigenvalue weighted by molar-refractivity contribution is 5.65. The maximum atomic E-state index is 5.90. The molecule has 0 atom stereocenters. The molecule has 88 valence electrons. The Hall–Kier alpha value is -1.88. The molecular weight excluding hydrogens is 212 g/mol. The summed E-state index contributed by atoms with van der Waals surface area (Å²) in [6.45, 7) is 6.36. The van der Waals surface area contributed by atoms with Gasteiger partial charge in [-0.05, 0) is 38.5 Å². The van der Waals surface area contributed by atoms with Crippen molar-refractivity contribution in [3.8, 4) is 23.8 Å². The first-order valence-electron chi connectivity index (χ1n) is 5.61. The third kappa shape index (κ3) is 2.45. The maximum absolute atomic E-state index is 5.90. The zero-order valence-electron chi connectivity index (χ0n) is 10.4. The number of rotatable bonds is 2. The Morgan fingerprint density at radius 2 is 2.18 bits per heavy atom. The van der Waals surface area contributed by atoms with E-state index in [-0.39, 0.29) is 12.2 Å². The lowest BCUT2D eigenvalue weighted by Crippen LogP contribution is -2.27. The molecule has 0 N–H and O–H groups in total. The topological polar surface area (TPSA) is 18.5 Å². The molecule has 1 aromatic carbocycles. The lowest BCUT2D eigenvalue weighted by molar-refractivity contribution is 0.158. The van der Waals surface area contributed by atoms with Crippen LogP contribution in [0.2, 0.25) is 0 Å². The van der Waals surface area contributed by atoms with Crippen LogP contribution in [-0.2, 0) is 0 Å². The minimum absolute atomic E-state index is 0.274. The van der Waals surface area contributed by atoms with E-state index in [0.717, 1.165) is 22.6 Å². The molecule has 0 fully saturated rings. The second-order valence-corrected chi connectivity index (χ2v) is 4.68. The molecule has 0 spiro atoms. The van der Waals surface area contributed by atoms with Gasteiger partial charge in [-0.3, -0.25) is 0 Å². The van der Waals surface area contributed by atoms with Crippen molar-refractivity contribution in [2.45, 2.75) is 26.4 Å². The molecule has 0 radical (unpaired) electrons. The van der Waals surface area contributed by atoms with Crippen LogP contribution in [-0.4, -0.2) is 12.2 Å². The van der Waals surface area contributed by atoms with E-state index < -0.39 is 0 Å². The maximum Gasteiger partial charge on any atom is 0.148 e. The lowest BCUT2D eigenvalue weighted by atomic mass is 9.99. The summed E-state index contributed by atoms with van der Waals surface area (Å²) in [5, 5.41) is 0. The predicted octanol–water partition coefficient (Wildman–Crippen LogP) is 3.19. The standard InChI is InChI=1S/C15H16O2/c1-5-8-16-12-9-11(2)13-6-7-15(3,4)17-14(13)10-12/h1,6-7,9-10H,8H2,2-4H3. The molecule has 0 amide bonds. The van der Waals surface area contributed by atoms with Crippen molar-refractivity contribution in [1.29, 1.82) is 0 Å². The van der Waals surface area contributed by atoms with Gasteiger partial charge in [0.05, 0.1) is 0 Å². The van der Waals surface area contributed by atoms with Crippen LogP contribution in [0.3, 0.4) is 0 Å². The third-order valence-corrected chi connectivity index (χ3v) is 2.67. The number of benzene rings is 1. The quantitative estimate of drug-likeness (QED) is 0.724. The van der Waals surface area contributed by atoms with E-state index in [4.69, 9.17) is 15.9 Å². The van der Waals surface area contributed by atoms with Crippen molar-refractivity contribution in [3.63, 3.8) is 0 Å². The van der Waals surface area contributed by atoms with Crippen molar-refractivity contribution >= 4 is 6.08 Å². The highest BCUT2D eigenvalue weighted by atomic mass is 16.5. The van der Waals surface area contributed by atoms with Crippen LogP contribution in [0, 0.1) is 19.3 Å². The van der Waals surface area contributed by atoms with Crippen molar-refractivity contribution < 1.29 is 9.47 Å². The summed E-state index contributed by atoms with van der Waals surface area (Å²) in [5.74, 6) is 4.06. The highest BCUT2D eigenvalue weighted by Gasteiger charge is 2.23. The number of hydrogen-bond acceptors (Lipinski definition) is 2. The first-order valence-corrected chi connectivity index (χ1v) is 5.61. The van der Waals surface area contributed by atoms with Crippen molar-refractivity contribution in [2.24, 2.45) is 0 Å². The van der Waals surface area contributed by atoms with E-state index in [1.54, 1.807) is 0 Å². The summed E-state index contributed by atoms with van der Waals surface area (Å²) < 4.78 is 11.3. The molecule has 1 heterocycles. The van der Waals surface area contributed by atoms with Crippen LogP contribution >= 0.6 is 0 Å². The Bertz CT molecular complexity index is 504. The summed E-state index contributed by atoms with van der Waals surface area (Å²) in [5.41, 5.74) is 1.96. The number of fused-ring (bicyclic) bond motifs is 1. The molecule has 2 rings (SSSR count). The predicted molar refractivity (Wildman–Crippen MR) is 69.2 cm³/mol. The second kappa shape index (κ2) is 4.18. The Labute approximate surface area is 102 Å². The average Bonchev–Trinajstić information content (AvgIpc) is 2.24. The Morgan fingerprint density at radius 1 is 1.41 bits per heavy atom. The van der Waals surface area contributed by atoms with Crippen LogP contribution in [0.15, 0.2) is 18.2 Å². The Balaban J connectivity index is 2.38. The van der Waals surface area contributed by atoms with E-state index in [0.29, 0.717) is 0 Å². The number of aryl methyl sites for hydroxylation is 1. The Morgan fingerprint density at radius 3 is 2.88 bits per heavy atom. The van der Waals surface area contributed by atoms with Crippen LogP contribution < -0.4 is 9.47 Å². The fourth-order valence-electron chi connectivity index (χ4n) is 1.84. The van der Waals surface area contributed by atoms with Crippen LogP contribution in [0.1, 0.15) is 25.0 Å². The van der Waals surface area contributed by atoms with Gasteiger partial charge in [-0.1, -0.05) is 12.0 Å². The molecule has 2 heteroatoms. The molecule has 1 aliphatic heterocycles. The number of hydrogen-bond donors (Lipinski definition) is 0. The summed E-state index contributed by atoms with van der Waals surface area (Å²) in [6, 6.07) is 3.87. The molecular formula is C15H16O2. The SMILES string of the molecule is C#CCOc1cc(C)c2c(c1)OC(C)(C)C=C2. The molecule has 2 nitrogen and oxygen atoms in total. The molecule has 0 bridgehead atoms. The van der Waals surface area contributed by atoms with Crippen LogP contribution in [0.25, 0.3) is 6.08 Å². The monoisotopic (exact) mass is 228 g/mol. The molecule has 0 aromatic heterocycles. The molecule has 0 saturated heterocycles. The van der Waals surface area contributed by atoms with Gasteiger partial charge in [-0.2, -0.15) is 0 Å².